The molecule has 1 aliphatic rings. The second-order valence-corrected chi connectivity index (χ2v) is 10.2. The maximum Gasteiger partial charge on any atom is 0.265 e. The molecule has 196 valence electrons. The fourth-order valence-electron chi connectivity index (χ4n) is 4.40. The Morgan fingerprint density at radius 3 is 2.27 bits per heavy atom. The van der Waals surface area contributed by atoms with E-state index in [2.05, 4.69) is 0 Å². The summed E-state index contributed by atoms with van der Waals surface area (Å²) >= 11 is 0. The number of benzene rings is 3. The Morgan fingerprint density at radius 2 is 1.57 bits per heavy atom. The molecule has 0 unspecified atom stereocenters. The fourth-order valence-corrected chi connectivity index (χ4v) is 5.83. The van der Waals surface area contributed by atoms with Crippen LogP contribution < -0.4 is 28.2 Å². The first-order chi connectivity index (χ1) is 17.8. The lowest BCUT2D eigenvalue weighted by atomic mass is 10.0. The summed E-state index contributed by atoms with van der Waals surface area (Å²) in [7, 11) is 1.55. The number of fused-ring (bicyclic) bond motifs is 1. The normalized spacial score (nSPS) is 12.9. The van der Waals surface area contributed by atoms with Crippen LogP contribution in [0.2, 0.25) is 0 Å². The van der Waals surface area contributed by atoms with Gasteiger partial charge in [0.2, 0.25) is 5.91 Å². The number of sulfonamides is 1. The van der Waals surface area contributed by atoms with E-state index >= 15 is 0 Å². The highest BCUT2D eigenvalue weighted by Gasteiger charge is 2.33. The maximum absolute atomic E-state index is 14.1. The lowest BCUT2D eigenvalue weighted by molar-refractivity contribution is -0.117. The number of anilines is 2. The van der Waals surface area contributed by atoms with Crippen molar-refractivity contribution >= 4 is 27.3 Å². The van der Waals surface area contributed by atoms with Crippen LogP contribution in [0.15, 0.2) is 65.6 Å². The lowest BCUT2D eigenvalue weighted by Gasteiger charge is -2.32. The van der Waals surface area contributed by atoms with Crippen LogP contribution in [0.1, 0.15) is 12.0 Å². The first-order valence-corrected chi connectivity index (χ1v) is 13.1. The zero-order chi connectivity index (χ0) is 26.6. The molecular formula is C27H30N2O7S. The van der Waals surface area contributed by atoms with Crippen molar-refractivity contribution in [3.63, 3.8) is 0 Å². The first kappa shape index (κ1) is 26.2. The van der Waals surface area contributed by atoms with Gasteiger partial charge >= 0.3 is 0 Å². The molecule has 0 fully saturated rings. The third kappa shape index (κ3) is 5.15. The van der Waals surface area contributed by atoms with Gasteiger partial charge in [-0.15, -0.1) is 0 Å². The van der Waals surface area contributed by atoms with Crippen molar-refractivity contribution in [1.29, 1.82) is 0 Å². The molecule has 10 heteroatoms. The quantitative estimate of drug-likeness (QED) is 0.417. The second kappa shape index (κ2) is 11.0. The van der Waals surface area contributed by atoms with Gasteiger partial charge in [0.15, 0.2) is 11.5 Å². The smallest absolute Gasteiger partial charge is 0.265 e. The van der Waals surface area contributed by atoms with E-state index in [4.69, 9.17) is 18.9 Å². The van der Waals surface area contributed by atoms with Crippen molar-refractivity contribution in [2.75, 3.05) is 50.7 Å². The van der Waals surface area contributed by atoms with E-state index in [0.717, 1.165) is 28.4 Å². The van der Waals surface area contributed by atoms with Crippen molar-refractivity contribution in [1.82, 2.24) is 0 Å². The van der Waals surface area contributed by atoms with Gasteiger partial charge in [-0.25, -0.2) is 8.42 Å². The highest BCUT2D eigenvalue weighted by atomic mass is 32.2. The van der Waals surface area contributed by atoms with Crippen LogP contribution in [0.25, 0.3) is 0 Å². The molecule has 0 aliphatic carbocycles. The average Bonchev–Trinajstić information content (AvgIpc) is 2.94. The predicted octanol–water partition coefficient (Wildman–Crippen LogP) is 3.90. The van der Waals surface area contributed by atoms with Gasteiger partial charge in [-0.1, -0.05) is 18.2 Å². The summed E-state index contributed by atoms with van der Waals surface area (Å²) in [4.78, 5) is 15.3. The van der Waals surface area contributed by atoms with E-state index in [1.54, 1.807) is 17.0 Å². The number of rotatable bonds is 9. The Labute approximate surface area is 217 Å². The van der Waals surface area contributed by atoms with Crippen LogP contribution in [-0.4, -0.2) is 55.9 Å². The summed E-state index contributed by atoms with van der Waals surface area (Å²) in [6.07, 6.45) is 1.64. The summed E-state index contributed by atoms with van der Waals surface area (Å²) in [6.45, 7) is 0.0455. The van der Waals surface area contributed by atoms with E-state index < -0.39 is 16.6 Å². The lowest BCUT2D eigenvalue weighted by Crippen LogP contribution is -2.45. The number of amides is 1. The largest absolute Gasteiger partial charge is 0.497 e. The van der Waals surface area contributed by atoms with Gasteiger partial charge in [-0.2, -0.15) is 0 Å². The second-order valence-electron chi connectivity index (χ2n) is 8.34. The molecule has 9 nitrogen and oxygen atoms in total. The van der Waals surface area contributed by atoms with E-state index in [1.807, 2.05) is 24.3 Å². The Kier molecular flexibility index (Phi) is 7.77. The Balaban J connectivity index is 1.82. The maximum atomic E-state index is 14.1. The van der Waals surface area contributed by atoms with Gasteiger partial charge in [0.05, 0.1) is 39.0 Å². The molecule has 37 heavy (non-hydrogen) atoms. The average molecular weight is 527 g/mol. The Bertz CT molecular complexity index is 1390. The highest BCUT2D eigenvalue weighted by molar-refractivity contribution is 7.92. The van der Waals surface area contributed by atoms with Crippen molar-refractivity contribution < 1.29 is 32.2 Å². The third-order valence-corrected chi connectivity index (χ3v) is 8.04. The summed E-state index contributed by atoms with van der Waals surface area (Å²) in [5, 5.41) is 0. The number of para-hydroxylation sites is 1. The molecule has 0 saturated carbocycles. The molecular weight excluding hydrogens is 496 g/mol. The molecule has 0 bridgehead atoms. The van der Waals surface area contributed by atoms with Crippen LogP contribution in [-0.2, 0) is 21.2 Å². The Morgan fingerprint density at radius 1 is 0.865 bits per heavy atom. The van der Waals surface area contributed by atoms with Crippen molar-refractivity contribution in [3.8, 4) is 23.0 Å². The van der Waals surface area contributed by atoms with Gasteiger partial charge < -0.3 is 23.8 Å². The van der Waals surface area contributed by atoms with Crippen LogP contribution in [0.4, 0.5) is 11.4 Å². The third-order valence-electron chi connectivity index (χ3n) is 6.29. The number of carbonyl (C=O) groups excluding carboxylic acids is 1. The fraction of sp³-hybridized carbons (Fsp3) is 0.296. The van der Waals surface area contributed by atoms with Crippen LogP contribution >= 0.6 is 0 Å². The van der Waals surface area contributed by atoms with Crippen LogP contribution in [0.3, 0.4) is 0 Å². The first-order valence-electron chi connectivity index (χ1n) is 11.7. The van der Waals surface area contributed by atoms with Gasteiger partial charge in [0.25, 0.3) is 10.0 Å². The van der Waals surface area contributed by atoms with Gasteiger partial charge in [-0.05, 0) is 48.7 Å². The number of hydrogen-bond acceptors (Lipinski definition) is 7. The molecule has 4 rings (SSSR count). The van der Waals surface area contributed by atoms with Crippen molar-refractivity contribution in [2.24, 2.45) is 0 Å². The summed E-state index contributed by atoms with van der Waals surface area (Å²) in [6, 6.07) is 16.8. The molecule has 3 aromatic carbocycles. The molecule has 0 N–H and O–H groups in total. The molecule has 0 spiro atoms. The van der Waals surface area contributed by atoms with Crippen molar-refractivity contribution in [3.05, 3.63) is 66.2 Å². The minimum atomic E-state index is -4.27. The molecule has 0 saturated heterocycles. The van der Waals surface area contributed by atoms with Gasteiger partial charge in [0.1, 0.15) is 18.0 Å². The van der Waals surface area contributed by atoms with Gasteiger partial charge in [0, 0.05) is 24.4 Å². The van der Waals surface area contributed by atoms with Crippen LogP contribution in [0, 0.1) is 0 Å². The number of carbonyl (C=O) groups is 1. The highest BCUT2D eigenvalue weighted by Crippen LogP contribution is 2.38. The number of nitrogens with zero attached hydrogens (tertiary/aromatic N) is 2. The topological polar surface area (TPSA) is 94.6 Å². The van der Waals surface area contributed by atoms with E-state index in [9.17, 15) is 13.2 Å². The molecule has 3 aromatic rings. The monoisotopic (exact) mass is 526 g/mol. The molecule has 1 heterocycles. The zero-order valence-corrected chi connectivity index (χ0v) is 22.1. The van der Waals surface area contributed by atoms with E-state index in [1.165, 1.54) is 52.7 Å². The standard InChI is InChI=1S/C27H30N2O7S/c1-33-20-11-13-24(34-2)23(16-20)29(37(31,32)21-12-14-25(35-3)26(17-21)36-4)18-27(30)28-15-7-9-19-8-5-6-10-22(19)28/h5-6,8,10-14,16-17H,7,9,15,18H2,1-4H3. The van der Waals surface area contributed by atoms with Crippen molar-refractivity contribution in [2.45, 2.75) is 17.7 Å². The molecule has 0 radical (unpaired) electrons. The SMILES string of the molecule is COc1ccc(OC)c(N(CC(=O)N2CCCc3ccccc32)S(=O)(=O)c2ccc(OC)c(OC)c2)c1. The molecule has 1 amide bonds. The van der Waals surface area contributed by atoms with E-state index in [0.29, 0.717) is 18.0 Å². The van der Waals surface area contributed by atoms with E-state index in [-0.39, 0.29) is 28.0 Å². The van der Waals surface area contributed by atoms with Gasteiger partial charge in [-0.3, -0.25) is 9.10 Å². The molecule has 1 aliphatic heterocycles. The molecule has 0 atom stereocenters. The minimum Gasteiger partial charge on any atom is -0.497 e. The summed E-state index contributed by atoms with van der Waals surface area (Å²) in [5.41, 5.74) is 2.02. The summed E-state index contributed by atoms with van der Waals surface area (Å²) < 4.78 is 50.7. The Hall–Kier alpha value is -3.92. The molecule has 0 aromatic heterocycles. The zero-order valence-electron chi connectivity index (χ0n) is 21.3. The number of methoxy groups -OCH3 is 4. The van der Waals surface area contributed by atoms with Crippen LogP contribution in [0.5, 0.6) is 23.0 Å². The summed E-state index contributed by atoms with van der Waals surface area (Å²) in [5.74, 6) is 0.960. The number of ether oxygens (including phenoxy) is 4. The predicted molar refractivity (Wildman–Crippen MR) is 141 cm³/mol. The number of aryl methyl sites for hydroxylation is 1. The number of hydrogen-bond donors (Lipinski definition) is 0. The minimum absolute atomic E-state index is 0.0677.